The van der Waals surface area contributed by atoms with Gasteiger partial charge >= 0.3 is 0 Å². The van der Waals surface area contributed by atoms with Crippen molar-refractivity contribution in [2.45, 2.75) is 45.4 Å². The first kappa shape index (κ1) is 21.4. The Hall–Kier alpha value is -2.32. The predicted octanol–water partition coefficient (Wildman–Crippen LogP) is 3.70. The second-order valence-corrected chi connectivity index (χ2v) is 9.45. The Kier molecular flexibility index (Phi) is 6.33. The number of aryl methyl sites for hydroxylation is 1. The van der Waals surface area contributed by atoms with Gasteiger partial charge in [0.2, 0.25) is 10.0 Å². The third-order valence-corrected chi connectivity index (χ3v) is 7.53. The minimum absolute atomic E-state index is 0.212. The van der Waals surface area contributed by atoms with Gasteiger partial charge in [0.05, 0.1) is 6.61 Å². The second kappa shape index (κ2) is 8.59. The van der Waals surface area contributed by atoms with Crippen LogP contribution in [-0.4, -0.2) is 43.3 Å². The third-order valence-electron chi connectivity index (χ3n) is 5.36. The number of piperidine rings is 1. The maximum atomic E-state index is 13.2. The number of carbonyl (C=O) groups excluding carboxylic acids is 1. The van der Waals surface area contributed by atoms with E-state index in [-0.39, 0.29) is 16.5 Å². The largest absolute Gasteiger partial charge is 0.494 e. The van der Waals surface area contributed by atoms with E-state index in [9.17, 15) is 13.2 Å². The van der Waals surface area contributed by atoms with E-state index in [0.29, 0.717) is 42.6 Å². The molecule has 3 rings (SSSR count). The van der Waals surface area contributed by atoms with Crippen LogP contribution in [0.3, 0.4) is 0 Å². The number of anilines is 1. The summed E-state index contributed by atoms with van der Waals surface area (Å²) in [5, 5.41) is 2.81. The van der Waals surface area contributed by atoms with Gasteiger partial charge in [-0.25, -0.2) is 8.42 Å². The monoisotopic (exact) mass is 419 g/mol. The number of nitrogens with zero attached hydrogens (tertiary/aromatic N) is 1. The molecule has 1 aromatic heterocycles. The molecule has 0 aliphatic carbocycles. The van der Waals surface area contributed by atoms with Crippen LogP contribution in [0.1, 0.15) is 48.4 Å². The molecule has 0 bridgehead atoms. The summed E-state index contributed by atoms with van der Waals surface area (Å²) in [6.45, 7) is 9.01. The fourth-order valence-corrected chi connectivity index (χ4v) is 5.57. The number of hydrogen-bond acceptors (Lipinski definition) is 4. The number of aromatic amines is 1. The van der Waals surface area contributed by atoms with Crippen LogP contribution in [0.5, 0.6) is 5.75 Å². The van der Waals surface area contributed by atoms with Crippen molar-refractivity contribution < 1.29 is 17.9 Å². The van der Waals surface area contributed by atoms with Crippen LogP contribution in [-0.2, 0) is 10.0 Å². The first-order chi connectivity index (χ1) is 13.7. The molecule has 0 radical (unpaired) electrons. The SMILES string of the molecule is CCOc1ccc(NC(=O)c2[nH]c(C)c(S(=O)(=O)N3CCC(C)CC3)c2C)cc1. The molecule has 0 saturated carbocycles. The van der Waals surface area contributed by atoms with Crippen molar-refractivity contribution in [2.24, 2.45) is 5.92 Å². The number of carbonyl (C=O) groups is 1. The van der Waals surface area contributed by atoms with Crippen molar-refractivity contribution in [2.75, 3.05) is 25.0 Å². The topological polar surface area (TPSA) is 91.5 Å². The smallest absolute Gasteiger partial charge is 0.272 e. The number of ether oxygens (including phenoxy) is 1. The molecule has 0 unspecified atom stereocenters. The van der Waals surface area contributed by atoms with Gasteiger partial charge in [-0.05, 0) is 69.4 Å². The number of amides is 1. The van der Waals surface area contributed by atoms with E-state index >= 15 is 0 Å². The van der Waals surface area contributed by atoms with Crippen LogP contribution in [0.2, 0.25) is 0 Å². The van der Waals surface area contributed by atoms with Gasteiger partial charge < -0.3 is 15.0 Å². The summed E-state index contributed by atoms with van der Waals surface area (Å²) in [4.78, 5) is 16.0. The number of nitrogens with one attached hydrogen (secondary N) is 2. The molecule has 8 heteroatoms. The molecule has 1 amide bonds. The molecular weight excluding hydrogens is 390 g/mol. The highest BCUT2D eigenvalue weighted by molar-refractivity contribution is 7.89. The number of H-pyrrole nitrogens is 1. The molecule has 1 aliphatic heterocycles. The molecule has 0 atom stereocenters. The molecule has 1 aliphatic rings. The Morgan fingerprint density at radius 2 is 1.83 bits per heavy atom. The molecular formula is C21H29N3O4S. The van der Waals surface area contributed by atoms with Crippen molar-refractivity contribution in [3.63, 3.8) is 0 Å². The third kappa shape index (κ3) is 4.48. The molecule has 7 nitrogen and oxygen atoms in total. The summed E-state index contributed by atoms with van der Waals surface area (Å²) < 4.78 is 33.3. The van der Waals surface area contributed by atoms with Gasteiger partial charge in [0.15, 0.2) is 0 Å². The maximum Gasteiger partial charge on any atom is 0.272 e. The van der Waals surface area contributed by atoms with Crippen LogP contribution in [0.4, 0.5) is 5.69 Å². The Labute approximate surface area is 172 Å². The summed E-state index contributed by atoms with van der Waals surface area (Å²) in [6, 6.07) is 7.06. The molecule has 158 valence electrons. The highest BCUT2D eigenvalue weighted by Crippen LogP contribution is 2.30. The zero-order valence-electron chi connectivity index (χ0n) is 17.4. The van der Waals surface area contributed by atoms with Gasteiger partial charge in [0.1, 0.15) is 16.3 Å². The van der Waals surface area contributed by atoms with Crippen molar-refractivity contribution in [3.05, 3.63) is 41.2 Å². The van der Waals surface area contributed by atoms with Crippen LogP contribution in [0, 0.1) is 19.8 Å². The van der Waals surface area contributed by atoms with Gasteiger partial charge in [-0.15, -0.1) is 0 Å². The summed E-state index contributed by atoms with van der Waals surface area (Å²) in [5.41, 5.74) is 1.81. The number of hydrogen-bond donors (Lipinski definition) is 2. The highest BCUT2D eigenvalue weighted by atomic mass is 32.2. The standard InChI is InChI=1S/C21H29N3O4S/c1-5-28-18-8-6-17(7-9-18)23-21(25)19-15(3)20(16(4)22-19)29(26,27)24-12-10-14(2)11-13-24/h6-9,14,22H,5,10-13H2,1-4H3,(H,23,25). The summed E-state index contributed by atoms with van der Waals surface area (Å²) in [7, 11) is -3.64. The zero-order valence-corrected chi connectivity index (χ0v) is 18.2. The predicted molar refractivity (Wildman–Crippen MR) is 113 cm³/mol. The first-order valence-electron chi connectivity index (χ1n) is 9.97. The molecule has 1 saturated heterocycles. The second-order valence-electron chi connectivity index (χ2n) is 7.58. The van der Waals surface area contributed by atoms with Crippen LogP contribution >= 0.6 is 0 Å². The fraction of sp³-hybridized carbons (Fsp3) is 0.476. The van der Waals surface area contributed by atoms with Crippen LogP contribution in [0.25, 0.3) is 0 Å². The number of benzene rings is 1. The molecule has 2 N–H and O–H groups in total. The minimum Gasteiger partial charge on any atom is -0.494 e. The van der Waals surface area contributed by atoms with Gasteiger partial charge in [0.25, 0.3) is 5.91 Å². The van der Waals surface area contributed by atoms with E-state index in [1.54, 1.807) is 38.1 Å². The van der Waals surface area contributed by atoms with Crippen LogP contribution in [0.15, 0.2) is 29.2 Å². The zero-order chi connectivity index (χ0) is 21.2. The van der Waals surface area contributed by atoms with Crippen molar-refractivity contribution in [1.29, 1.82) is 0 Å². The van der Waals surface area contributed by atoms with Gasteiger partial charge in [-0.2, -0.15) is 4.31 Å². The first-order valence-corrected chi connectivity index (χ1v) is 11.4. The number of sulfonamides is 1. The van der Waals surface area contributed by atoms with E-state index < -0.39 is 10.0 Å². The lowest BCUT2D eigenvalue weighted by molar-refractivity contribution is 0.102. The fourth-order valence-electron chi connectivity index (χ4n) is 3.70. The molecule has 29 heavy (non-hydrogen) atoms. The number of rotatable bonds is 6. The lowest BCUT2D eigenvalue weighted by atomic mass is 10.0. The molecule has 0 spiro atoms. The molecule has 1 aromatic carbocycles. The molecule has 2 aromatic rings. The summed E-state index contributed by atoms with van der Waals surface area (Å²) in [6.07, 6.45) is 1.71. The Bertz CT molecular complexity index is 972. The molecule has 1 fully saturated rings. The quantitative estimate of drug-likeness (QED) is 0.747. The van der Waals surface area contributed by atoms with Crippen molar-refractivity contribution in [3.8, 4) is 5.75 Å². The molecule has 2 heterocycles. The lowest BCUT2D eigenvalue weighted by Gasteiger charge is -2.29. The summed E-state index contributed by atoms with van der Waals surface area (Å²) in [5.74, 6) is 0.885. The Balaban J connectivity index is 1.82. The van der Waals surface area contributed by atoms with Gasteiger partial charge in [-0.1, -0.05) is 6.92 Å². The minimum atomic E-state index is -3.64. The number of aromatic nitrogens is 1. The van der Waals surface area contributed by atoms with E-state index in [4.69, 9.17) is 4.74 Å². The lowest BCUT2D eigenvalue weighted by Crippen LogP contribution is -2.38. The van der Waals surface area contributed by atoms with E-state index in [1.807, 2.05) is 6.92 Å². The maximum absolute atomic E-state index is 13.2. The average Bonchev–Trinajstić information content (AvgIpc) is 2.99. The average molecular weight is 420 g/mol. The van der Waals surface area contributed by atoms with Crippen molar-refractivity contribution in [1.82, 2.24) is 9.29 Å². The van der Waals surface area contributed by atoms with E-state index in [0.717, 1.165) is 18.6 Å². The van der Waals surface area contributed by atoms with Crippen molar-refractivity contribution >= 4 is 21.6 Å². The van der Waals surface area contributed by atoms with E-state index in [1.165, 1.54) is 4.31 Å². The van der Waals surface area contributed by atoms with Gasteiger partial charge in [0, 0.05) is 24.5 Å². The Morgan fingerprint density at radius 1 is 1.21 bits per heavy atom. The summed E-state index contributed by atoms with van der Waals surface area (Å²) >= 11 is 0. The highest BCUT2D eigenvalue weighted by Gasteiger charge is 2.33. The normalized spacial score (nSPS) is 16.0. The van der Waals surface area contributed by atoms with Gasteiger partial charge in [-0.3, -0.25) is 4.79 Å². The van der Waals surface area contributed by atoms with Crippen LogP contribution < -0.4 is 10.1 Å². The van der Waals surface area contributed by atoms with E-state index in [2.05, 4.69) is 17.2 Å². The Morgan fingerprint density at radius 3 is 2.41 bits per heavy atom.